The van der Waals surface area contributed by atoms with Crippen molar-refractivity contribution in [1.82, 2.24) is 30.0 Å². The Labute approximate surface area is 290 Å². The Morgan fingerprint density at radius 1 is 1.00 bits per heavy atom. The van der Waals surface area contributed by atoms with Gasteiger partial charge in [0.05, 0.1) is 39.3 Å². The number of pyridine rings is 3. The van der Waals surface area contributed by atoms with E-state index in [2.05, 4.69) is 25.5 Å². The van der Waals surface area contributed by atoms with Crippen LogP contribution in [-0.4, -0.2) is 42.5 Å². The zero-order valence-electron chi connectivity index (χ0n) is 26.7. The van der Waals surface area contributed by atoms with E-state index in [1.807, 2.05) is 17.0 Å². The number of rotatable bonds is 7. The quantitative estimate of drug-likeness (QED) is 0.164. The van der Waals surface area contributed by atoms with Crippen molar-refractivity contribution in [3.63, 3.8) is 0 Å². The fraction of sp³-hybridized carbons (Fsp3) is 0.278. The Kier molecular flexibility index (Phi) is 7.31. The monoisotopic (exact) mass is 713 g/mol. The van der Waals surface area contributed by atoms with E-state index in [0.717, 1.165) is 34.6 Å². The van der Waals surface area contributed by atoms with Gasteiger partial charge >= 0.3 is 11.9 Å². The van der Waals surface area contributed by atoms with E-state index in [9.17, 15) is 27.2 Å². The second kappa shape index (κ2) is 11.8. The molecule has 0 radical (unpaired) electrons. The number of nitrogens with zero attached hydrogens (tertiary/aromatic N) is 5. The van der Waals surface area contributed by atoms with Gasteiger partial charge in [0, 0.05) is 28.9 Å². The van der Waals surface area contributed by atoms with Gasteiger partial charge in [-0.25, -0.2) is 24.3 Å². The zero-order chi connectivity index (χ0) is 35.0. The van der Waals surface area contributed by atoms with Crippen LogP contribution in [0.25, 0.3) is 32.0 Å². The van der Waals surface area contributed by atoms with Crippen molar-refractivity contribution in [1.29, 1.82) is 0 Å². The van der Waals surface area contributed by atoms with Gasteiger partial charge in [0.1, 0.15) is 17.3 Å². The van der Waals surface area contributed by atoms with E-state index in [0.29, 0.717) is 82.3 Å². The van der Waals surface area contributed by atoms with Crippen LogP contribution in [0.2, 0.25) is 0 Å². The Morgan fingerprint density at radius 2 is 1.84 bits per heavy atom. The number of aryl methyl sites for hydroxylation is 3. The van der Waals surface area contributed by atoms with Gasteiger partial charge in [-0.2, -0.15) is 13.2 Å². The fourth-order valence-electron chi connectivity index (χ4n) is 7.59. The number of nitrogens with one attached hydrogen (secondary N) is 2. The van der Waals surface area contributed by atoms with Gasteiger partial charge in [-0.3, -0.25) is 9.78 Å². The molecule has 0 spiro atoms. The van der Waals surface area contributed by atoms with E-state index in [-0.39, 0.29) is 29.7 Å². The lowest BCUT2D eigenvalue weighted by atomic mass is 9.93. The molecule has 3 aliphatic rings. The smallest absolute Gasteiger partial charge is 0.388 e. The summed E-state index contributed by atoms with van der Waals surface area (Å²) in [4.78, 5) is 42.6. The van der Waals surface area contributed by atoms with Crippen LogP contribution in [0.5, 0.6) is 0 Å². The maximum Gasteiger partial charge on any atom is 0.434 e. The summed E-state index contributed by atoms with van der Waals surface area (Å²) in [5.74, 6) is -0.701. The van der Waals surface area contributed by atoms with Crippen molar-refractivity contribution in [2.75, 3.05) is 11.9 Å². The minimum atomic E-state index is -4.52. The number of halogens is 4. The first kappa shape index (κ1) is 31.5. The number of fused-ring (bicyclic) bond motifs is 5. The summed E-state index contributed by atoms with van der Waals surface area (Å²) in [7, 11) is 0. The summed E-state index contributed by atoms with van der Waals surface area (Å²) >= 11 is 1.40. The average molecular weight is 714 g/mol. The second-order valence-corrected chi connectivity index (χ2v) is 14.0. The maximum atomic E-state index is 14.1. The van der Waals surface area contributed by atoms with Crippen molar-refractivity contribution < 1.29 is 26.8 Å². The molecule has 1 amide bonds. The molecule has 0 saturated carbocycles. The molecule has 1 fully saturated rings. The van der Waals surface area contributed by atoms with E-state index in [1.165, 1.54) is 29.5 Å². The van der Waals surface area contributed by atoms with Crippen LogP contribution in [0.3, 0.4) is 0 Å². The van der Waals surface area contributed by atoms with Gasteiger partial charge in [-0.05, 0) is 85.4 Å². The summed E-state index contributed by atoms with van der Waals surface area (Å²) in [6.45, 7) is 0.601. The van der Waals surface area contributed by atoms with Crippen LogP contribution >= 0.6 is 11.3 Å². The molecule has 6 aromatic rings. The van der Waals surface area contributed by atoms with Crippen molar-refractivity contribution in [3.8, 4) is 21.9 Å². The Hall–Kier alpha value is -5.44. The summed E-state index contributed by atoms with van der Waals surface area (Å²) in [5.41, 5.74) is 3.76. The van der Waals surface area contributed by atoms with Crippen molar-refractivity contribution in [2.45, 2.75) is 56.8 Å². The predicted octanol–water partition coefficient (Wildman–Crippen LogP) is 7.43. The highest BCUT2D eigenvalue weighted by molar-refractivity contribution is 7.23. The number of hydrogen-bond donors (Lipinski definition) is 2. The molecule has 7 heterocycles. The van der Waals surface area contributed by atoms with Crippen molar-refractivity contribution in [2.24, 2.45) is 0 Å². The normalized spacial score (nSPS) is 18.0. The number of carbonyl (C=O) groups is 1. The van der Waals surface area contributed by atoms with Gasteiger partial charge in [-0.1, -0.05) is 18.2 Å². The standard InChI is InChI=1S/C36H27F4N7O3S/c37-19-6-3-17(4-7-19)5-9-23-27(33-45-46-35(49)50-33)28(29-30(43-23)24-2-1-15-47(24)34(29)48)25-16-18-13-14-41-32(31(18)51-25)44-22-11-10-21-20(22)8-12-26(42-21)36(38,39)40/h3-4,6-8,12-14,16,22,24H,1-2,5,9-11,15H2,(H,41,44)(H,46,49)/t22-,24+/m0/s1. The molecule has 9 rings (SSSR count). The van der Waals surface area contributed by atoms with E-state index in [4.69, 9.17) is 9.40 Å². The van der Waals surface area contributed by atoms with Crippen molar-refractivity contribution >= 4 is 33.1 Å². The minimum absolute atomic E-state index is 0.00137. The number of hydrogen-bond acceptors (Lipinski definition) is 9. The highest BCUT2D eigenvalue weighted by Gasteiger charge is 2.45. The molecular weight excluding hydrogens is 687 g/mol. The predicted molar refractivity (Wildman–Crippen MR) is 180 cm³/mol. The molecule has 5 aromatic heterocycles. The number of aromatic nitrogens is 5. The number of benzene rings is 1. The number of thiophene rings is 1. The molecular formula is C36H27F4N7O3S. The molecule has 0 unspecified atom stereocenters. The first-order chi connectivity index (χ1) is 24.6. The SMILES string of the molecule is O=C1c2c(nc(CCc3ccc(F)cc3)c(-c3n[nH]c(=O)o3)c2-c2cc3ccnc(N[C@H]4CCc5nc(C(F)(F)F)ccc54)c3s2)[C@H]2CCCN12. The molecule has 1 aromatic carbocycles. The minimum Gasteiger partial charge on any atom is -0.388 e. The molecule has 10 nitrogen and oxygen atoms in total. The molecule has 2 aliphatic heterocycles. The Morgan fingerprint density at radius 3 is 2.63 bits per heavy atom. The third kappa shape index (κ3) is 5.37. The first-order valence-electron chi connectivity index (χ1n) is 16.5. The Bertz CT molecular complexity index is 2420. The van der Waals surface area contributed by atoms with Crippen LogP contribution < -0.4 is 11.1 Å². The highest BCUT2D eigenvalue weighted by Crippen LogP contribution is 2.50. The van der Waals surface area contributed by atoms with Crippen LogP contribution in [0.15, 0.2) is 63.9 Å². The lowest BCUT2D eigenvalue weighted by molar-refractivity contribution is -0.141. The van der Waals surface area contributed by atoms with E-state index in [1.54, 1.807) is 18.3 Å². The molecule has 51 heavy (non-hydrogen) atoms. The van der Waals surface area contributed by atoms with Gasteiger partial charge in [0.25, 0.3) is 11.8 Å². The first-order valence-corrected chi connectivity index (χ1v) is 17.3. The number of anilines is 1. The lowest BCUT2D eigenvalue weighted by Crippen LogP contribution is -2.22. The molecule has 2 atom stereocenters. The second-order valence-electron chi connectivity index (χ2n) is 12.9. The zero-order valence-corrected chi connectivity index (χ0v) is 27.5. The number of carbonyl (C=O) groups excluding carboxylic acids is 1. The Balaban J connectivity index is 1.18. The van der Waals surface area contributed by atoms with Crippen LogP contribution in [0, 0.1) is 5.82 Å². The third-order valence-corrected chi connectivity index (χ3v) is 11.1. The van der Waals surface area contributed by atoms with Crippen LogP contribution in [0.4, 0.5) is 23.4 Å². The number of amides is 1. The van der Waals surface area contributed by atoms with Gasteiger partial charge in [0.2, 0.25) is 0 Å². The van der Waals surface area contributed by atoms with E-state index < -0.39 is 17.6 Å². The maximum absolute atomic E-state index is 14.1. The molecule has 15 heteroatoms. The summed E-state index contributed by atoms with van der Waals surface area (Å²) in [5, 5.41) is 10.8. The number of H-pyrrole nitrogens is 1. The van der Waals surface area contributed by atoms with Crippen LogP contribution in [0.1, 0.15) is 75.6 Å². The molecule has 258 valence electrons. The lowest BCUT2D eigenvalue weighted by Gasteiger charge is -2.16. The molecule has 0 bridgehead atoms. The number of aromatic amines is 1. The van der Waals surface area contributed by atoms with Gasteiger partial charge in [0.15, 0.2) is 0 Å². The molecule has 1 saturated heterocycles. The fourth-order valence-corrected chi connectivity index (χ4v) is 8.75. The van der Waals surface area contributed by atoms with Crippen molar-refractivity contribution in [3.05, 3.63) is 111 Å². The van der Waals surface area contributed by atoms with E-state index >= 15 is 0 Å². The average Bonchev–Trinajstić information content (AvgIpc) is 3.95. The van der Waals surface area contributed by atoms with Gasteiger partial charge in [-0.15, -0.1) is 16.4 Å². The topological polar surface area (TPSA) is 130 Å². The largest absolute Gasteiger partial charge is 0.434 e. The van der Waals surface area contributed by atoms with Crippen LogP contribution in [-0.2, 0) is 25.4 Å². The van der Waals surface area contributed by atoms with Gasteiger partial charge < -0.3 is 14.6 Å². The molecule has 2 N–H and O–H groups in total. The summed E-state index contributed by atoms with van der Waals surface area (Å²) < 4.78 is 60.0. The summed E-state index contributed by atoms with van der Waals surface area (Å²) in [6, 6.07) is 12.0. The third-order valence-electron chi connectivity index (χ3n) is 9.90. The highest BCUT2D eigenvalue weighted by atomic mass is 32.1. The summed E-state index contributed by atoms with van der Waals surface area (Å²) in [6.07, 6.45) is 0.588. The molecule has 1 aliphatic carbocycles. The number of alkyl halides is 3.